The predicted octanol–water partition coefficient (Wildman–Crippen LogP) is 8.30. The lowest BCUT2D eigenvalue weighted by Crippen LogP contribution is -2.27. The van der Waals surface area contributed by atoms with Gasteiger partial charge in [-0.15, -0.1) is 0 Å². The molecule has 4 aliphatic rings. The average molecular weight is 439 g/mol. The second kappa shape index (κ2) is 12.3. The minimum Gasteiger partial charge on any atom is -0.294 e. The molecule has 0 atom stereocenters. The van der Waals surface area contributed by atoms with Crippen molar-refractivity contribution in [3.05, 3.63) is 23.3 Å². The predicted molar refractivity (Wildman–Crippen MR) is 132 cm³/mol. The van der Waals surface area contributed by atoms with Gasteiger partial charge in [0.2, 0.25) is 0 Å². The topological polar surface area (TPSA) is 34.1 Å². The Labute approximate surface area is 196 Å². The monoisotopic (exact) mass is 438 g/mol. The second-order valence-corrected chi connectivity index (χ2v) is 11.4. The molecule has 0 radical (unpaired) electrons. The molecule has 2 heteroatoms. The zero-order chi connectivity index (χ0) is 22.2. The number of hydrogen-bond donors (Lipinski definition) is 0. The van der Waals surface area contributed by atoms with Crippen molar-refractivity contribution in [2.45, 2.75) is 128 Å². The summed E-state index contributed by atoms with van der Waals surface area (Å²) in [6.45, 7) is 0. The van der Waals surface area contributed by atoms with Crippen molar-refractivity contribution < 1.29 is 9.59 Å². The smallest absolute Gasteiger partial charge is 0.166 e. The molecular formula is C30H46O2. The summed E-state index contributed by atoms with van der Waals surface area (Å²) < 4.78 is 0. The Morgan fingerprint density at radius 3 is 1.00 bits per heavy atom. The molecule has 0 N–H and O–H groups in total. The van der Waals surface area contributed by atoms with Gasteiger partial charge in [0.1, 0.15) is 0 Å². The highest BCUT2D eigenvalue weighted by Crippen LogP contribution is 2.37. The van der Waals surface area contributed by atoms with Gasteiger partial charge in [-0.05, 0) is 63.2 Å². The van der Waals surface area contributed by atoms with Crippen LogP contribution in [0.1, 0.15) is 128 Å². The molecule has 0 saturated heterocycles. The molecular weight excluding hydrogens is 392 g/mol. The maximum atomic E-state index is 14.0. The van der Waals surface area contributed by atoms with Crippen LogP contribution < -0.4 is 0 Å². The van der Waals surface area contributed by atoms with Crippen molar-refractivity contribution in [3.8, 4) is 0 Å². The van der Waals surface area contributed by atoms with Crippen molar-refractivity contribution in [2.75, 3.05) is 0 Å². The summed E-state index contributed by atoms with van der Waals surface area (Å²) in [5, 5.41) is 0. The van der Waals surface area contributed by atoms with Crippen molar-refractivity contribution in [2.24, 2.45) is 23.7 Å². The molecule has 0 aromatic carbocycles. The lowest BCUT2D eigenvalue weighted by Gasteiger charge is -2.28. The minimum atomic E-state index is 0.146. The second-order valence-electron chi connectivity index (χ2n) is 11.4. The normalized spacial score (nSPS) is 26.2. The molecule has 2 nitrogen and oxygen atoms in total. The lowest BCUT2D eigenvalue weighted by atomic mass is 9.75. The van der Waals surface area contributed by atoms with Gasteiger partial charge in [-0.1, -0.05) is 89.2 Å². The first-order valence-electron chi connectivity index (χ1n) is 14.2. The number of allylic oxidation sites excluding steroid dienone is 4. The van der Waals surface area contributed by atoms with Crippen molar-refractivity contribution in [1.29, 1.82) is 0 Å². The van der Waals surface area contributed by atoms with Crippen LogP contribution in [0.15, 0.2) is 23.3 Å². The van der Waals surface area contributed by atoms with Crippen molar-refractivity contribution >= 4 is 11.6 Å². The molecule has 0 heterocycles. The number of ketones is 2. The summed E-state index contributed by atoms with van der Waals surface area (Å²) in [7, 11) is 0. The van der Waals surface area contributed by atoms with Crippen LogP contribution >= 0.6 is 0 Å². The van der Waals surface area contributed by atoms with Gasteiger partial charge in [0.25, 0.3) is 0 Å². The third kappa shape index (κ3) is 6.45. The van der Waals surface area contributed by atoms with Gasteiger partial charge >= 0.3 is 0 Å². The lowest BCUT2D eigenvalue weighted by molar-refractivity contribution is -0.123. The zero-order valence-electron chi connectivity index (χ0n) is 20.4. The number of rotatable bonds is 7. The molecule has 4 rings (SSSR count). The van der Waals surface area contributed by atoms with E-state index in [0.29, 0.717) is 23.4 Å². The highest BCUT2D eigenvalue weighted by Gasteiger charge is 2.33. The third-order valence-electron chi connectivity index (χ3n) is 8.88. The van der Waals surface area contributed by atoms with Crippen LogP contribution in [0.25, 0.3) is 0 Å². The standard InChI is InChI=1S/C30H46O2/c31-29(25-17-9-3-10-18-25)27(21-23-13-5-1-6-14-23)28(22-24-15-7-2-8-16-24)30(32)26-19-11-4-12-20-26/h21-26H,1-20H2/b27-21+,28-22+. The number of hydrogen-bond acceptors (Lipinski definition) is 2. The summed E-state index contributed by atoms with van der Waals surface area (Å²) in [5.41, 5.74) is 1.73. The minimum absolute atomic E-state index is 0.146. The third-order valence-corrected chi connectivity index (χ3v) is 8.88. The number of carbonyl (C=O) groups excluding carboxylic acids is 2. The largest absolute Gasteiger partial charge is 0.294 e. The molecule has 0 aromatic rings. The maximum Gasteiger partial charge on any atom is 0.166 e. The van der Waals surface area contributed by atoms with Gasteiger partial charge in [-0.25, -0.2) is 0 Å². The molecule has 178 valence electrons. The van der Waals surface area contributed by atoms with E-state index in [9.17, 15) is 9.59 Å². The van der Waals surface area contributed by atoms with Crippen LogP contribution in [0.5, 0.6) is 0 Å². The van der Waals surface area contributed by atoms with E-state index in [0.717, 1.165) is 36.8 Å². The van der Waals surface area contributed by atoms with Crippen molar-refractivity contribution in [3.63, 3.8) is 0 Å². The maximum absolute atomic E-state index is 14.0. The van der Waals surface area contributed by atoms with E-state index in [1.807, 2.05) is 0 Å². The van der Waals surface area contributed by atoms with Crippen LogP contribution in [0.2, 0.25) is 0 Å². The molecule has 32 heavy (non-hydrogen) atoms. The SMILES string of the molecule is O=C(C(=C/C1CCCCC1)/C(=C\C1CCCCC1)C(=O)C1CCCCC1)C1CCCCC1. The Balaban J connectivity index is 1.68. The first kappa shape index (κ1) is 24.0. The van der Waals surface area contributed by atoms with Crippen LogP contribution in [0.3, 0.4) is 0 Å². The molecule has 0 unspecified atom stereocenters. The summed E-state index contributed by atoms with van der Waals surface area (Å²) in [5.74, 6) is 1.91. The quantitative estimate of drug-likeness (QED) is 0.296. The molecule has 0 bridgehead atoms. The summed E-state index contributed by atoms with van der Waals surface area (Å²) in [6, 6.07) is 0. The Hall–Kier alpha value is -1.18. The van der Waals surface area contributed by atoms with Crippen LogP contribution in [0, 0.1) is 23.7 Å². The van der Waals surface area contributed by atoms with Crippen molar-refractivity contribution in [1.82, 2.24) is 0 Å². The summed E-state index contributed by atoms with van der Waals surface area (Å²) >= 11 is 0. The molecule has 0 amide bonds. The van der Waals surface area contributed by atoms with Crippen LogP contribution in [-0.2, 0) is 9.59 Å². The van der Waals surface area contributed by atoms with Gasteiger partial charge in [0, 0.05) is 23.0 Å². The van der Waals surface area contributed by atoms with E-state index >= 15 is 0 Å². The van der Waals surface area contributed by atoms with Gasteiger partial charge in [-0.2, -0.15) is 0 Å². The van der Waals surface area contributed by atoms with E-state index in [2.05, 4.69) is 12.2 Å². The van der Waals surface area contributed by atoms with Gasteiger partial charge < -0.3 is 0 Å². The molecule has 0 aliphatic heterocycles. The zero-order valence-corrected chi connectivity index (χ0v) is 20.4. The Kier molecular flexibility index (Phi) is 9.23. The molecule has 4 aliphatic carbocycles. The van der Waals surface area contributed by atoms with Gasteiger partial charge in [0.05, 0.1) is 0 Å². The fourth-order valence-corrected chi connectivity index (χ4v) is 6.85. The van der Waals surface area contributed by atoms with E-state index in [1.54, 1.807) is 0 Å². The highest BCUT2D eigenvalue weighted by molar-refractivity contribution is 6.13. The van der Waals surface area contributed by atoms with E-state index < -0.39 is 0 Å². The molecule has 0 spiro atoms. The highest BCUT2D eigenvalue weighted by atomic mass is 16.1. The van der Waals surface area contributed by atoms with E-state index in [1.165, 1.54) is 103 Å². The van der Waals surface area contributed by atoms with Gasteiger partial charge in [0.15, 0.2) is 11.6 Å². The average Bonchev–Trinajstić information content (AvgIpc) is 2.87. The summed E-state index contributed by atoms with van der Waals surface area (Å²) in [4.78, 5) is 28.0. The molecule has 4 fully saturated rings. The number of carbonyl (C=O) groups is 2. The first-order valence-corrected chi connectivity index (χ1v) is 14.2. The Bertz CT molecular complexity index is 616. The first-order chi connectivity index (χ1) is 15.7. The molecule has 0 aromatic heterocycles. The van der Waals surface area contributed by atoms with Crippen LogP contribution in [-0.4, -0.2) is 11.6 Å². The summed E-state index contributed by atoms with van der Waals surface area (Å²) in [6.07, 6.45) is 28.4. The van der Waals surface area contributed by atoms with E-state index in [-0.39, 0.29) is 11.8 Å². The van der Waals surface area contributed by atoms with E-state index in [4.69, 9.17) is 0 Å². The fraction of sp³-hybridized carbons (Fsp3) is 0.800. The van der Waals surface area contributed by atoms with Gasteiger partial charge in [-0.3, -0.25) is 9.59 Å². The van der Waals surface area contributed by atoms with Crippen LogP contribution in [0.4, 0.5) is 0 Å². The fourth-order valence-electron chi connectivity index (χ4n) is 6.85. The Morgan fingerprint density at radius 2 is 0.688 bits per heavy atom. The number of Topliss-reactive ketones (excluding diaryl/α,β-unsaturated/α-hetero) is 2. The molecule has 4 saturated carbocycles. The Morgan fingerprint density at radius 1 is 0.406 bits per heavy atom.